The molecule has 12 heteroatoms. The minimum Gasteiger partial charge on any atom is -0.379 e. The Morgan fingerprint density at radius 1 is 0.872 bits per heavy atom. The molecule has 1 N–H and O–H groups in total. The SMILES string of the molecule is O=C(CN1CCOCC1)Nc1cccc(C#Cc2cccc(-c3c4cccc(C(F)(F)F)c4nn3Cc3c(F)cc(F)cc3F)c2)c1. The summed E-state index contributed by atoms with van der Waals surface area (Å²) < 4.78 is 91.0. The van der Waals surface area contributed by atoms with E-state index in [1.54, 1.807) is 48.5 Å². The highest BCUT2D eigenvalue weighted by Crippen LogP contribution is 2.38. The summed E-state index contributed by atoms with van der Waals surface area (Å²) in [6, 6.07) is 18.2. The van der Waals surface area contributed by atoms with E-state index in [-0.39, 0.29) is 23.5 Å². The fourth-order valence-corrected chi connectivity index (χ4v) is 5.40. The van der Waals surface area contributed by atoms with Crippen LogP contribution in [-0.4, -0.2) is 53.4 Å². The molecule has 6 rings (SSSR count). The third-order valence-corrected chi connectivity index (χ3v) is 7.59. The number of ether oxygens (including phenoxy) is 1. The van der Waals surface area contributed by atoms with Crippen molar-refractivity contribution >= 4 is 22.5 Å². The number of halogens is 6. The highest BCUT2D eigenvalue weighted by Gasteiger charge is 2.34. The molecule has 0 radical (unpaired) electrons. The number of nitrogens with one attached hydrogen (secondary N) is 1. The summed E-state index contributed by atoms with van der Waals surface area (Å²) in [7, 11) is 0. The van der Waals surface area contributed by atoms with E-state index in [2.05, 4.69) is 22.3 Å². The number of hydrogen-bond acceptors (Lipinski definition) is 4. The predicted octanol–water partition coefficient (Wildman–Crippen LogP) is 6.86. The minimum absolute atomic E-state index is 0.105. The van der Waals surface area contributed by atoms with Gasteiger partial charge in [-0.1, -0.05) is 42.2 Å². The fraction of sp³-hybridized carbons (Fsp3) is 0.200. The molecule has 1 amide bonds. The lowest BCUT2D eigenvalue weighted by molar-refractivity contribution is -0.136. The van der Waals surface area contributed by atoms with E-state index >= 15 is 0 Å². The van der Waals surface area contributed by atoms with Gasteiger partial charge in [-0.05, 0) is 36.4 Å². The number of benzene rings is 4. The summed E-state index contributed by atoms with van der Waals surface area (Å²) in [5, 5.41) is 7.12. The maximum Gasteiger partial charge on any atom is 0.418 e. The number of fused-ring (bicyclic) bond motifs is 1. The highest BCUT2D eigenvalue weighted by molar-refractivity contribution is 5.95. The molecule has 0 bridgehead atoms. The van der Waals surface area contributed by atoms with Crippen LogP contribution >= 0.6 is 0 Å². The van der Waals surface area contributed by atoms with Gasteiger partial charge in [0.25, 0.3) is 0 Å². The molecule has 5 aromatic rings. The second-order valence-electron chi connectivity index (χ2n) is 10.9. The van der Waals surface area contributed by atoms with Crippen LogP contribution in [0.5, 0.6) is 0 Å². The summed E-state index contributed by atoms with van der Waals surface area (Å²) in [6.45, 7) is 2.16. The Morgan fingerprint density at radius 2 is 1.53 bits per heavy atom. The quantitative estimate of drug-likeness (QED) is 0.162. The first kappa shape index (κ1) is 31.8. The van der Waals surface area contributed by atoms with Crippen LogP contribution in [0.1, 0.15) is 22.3 Å². The zero-order valence-electron chi connectivity index (χ0n) is 24.7. The van der Waals surface area contributed by atoms with Crippen LogP contribution in [0.2, 0.25) is 0 Å². The molecule has 2 heterocycles. The molecule has 4 aromatic carbocycles. The fourth-order valence-electron chi connectivity index (χ4n) is 5.40. The number of carbonyl (C=O) groups is 1. The molecular formula is C35H26F6N4O2. The van der Waals surface area contributed by atoms with E-state index in [4.69, 9.17) is 4.74 Å². The summed E-state index contributed by atoms with van der Waals surface area (Å²) in [4.78, 5) is 14.5. The molecule has 240 valence electrons. The van der Waals surface area contributed by atoms with Crippen LogP contribution < -0.4 is 5.32 Å². The van der Waals surface area contributed by atoms with Crippen molar-refractivity contribution in [2.45, 2.75) is 12.7 Å². The predicted molar refractivity (Wildman–Crippen MR) is 164 cm³/mol. The second kappa shape index (κ2) is 13.3. The standard InChI is InChI=1S/C35H26F6N4O2/c36-25-18-30(37)28(31(38)19-25)20-45-34(27-8-3-9-29(33(27)43-45)35(39,40)41)24-6-1-4-22(16-24)10-11-23-5-2-7-26(17-23)42-32(46)21-44-12-14-47-15-13-44/h1-9,16-19H,12-15,20-21H2,(H,42,46). The molecule has 6 nitrogen and oxygen atoms in total. The van der Waals surface area contributed by atoms with Gasteiger partial charge in [-0.15, -0.1) is 0 Å². The van der Waals surface area contributed by atoms with Gasteiger partial charge in [-0.2, -0.15) is 18.3 Å². The van der Waals surface area contributed by atoms with Crippen molar-refractivity contribution in [2.24, 2.45) is 0 Å². The average Bonchev–Trinajstić information content (AvgIpc) is 3.40. The zero-order valence-corrected chi connectivity index (χ0v) is 24.7. The molecule has 1 aromatic heterocycles. The van der Waals surface area contributed by atoms with Gasteiger partial charge in [-0.3, -0.25) is 14.4 Å². The van der Waals surface area contributed by atoms with Crippen molar-refractivity contribution in [2.75, 3.05) is 38.2 Å². The summed E-state index contributed by atoms with van der Waals surface area (Å²) in [5.41, 5.74) is 0.267. The molecular weight excluding hydrogens is 622 g/mol. The number of carbonyl (C=O) groups excluding carboxylic acids is 1. The van der Waals surface area contributed by atoms with E-state index in [1.165, 1.54) is 12.1 Å². The third kappa shape index (κ3) is 7.32. The largest absolute Gasteiger partial charge is 0.418 e. The molecule has 0 spiro atoms. The number of anilines is 1. The topological polar surface area (TPSA) is 59.4 Å². The summed E-state index contributed by atoms with van der Waals surface area (Å²) in [5.74, 6) is 2.39. The number of nitrogens with zero attached hydrogens (tertiary/aromatic N) is 3. The van der Waals surface area contributed by atoms with Gasteiger partial charge in [0.1, 0.15) is 23.0 Å². The Labute approximate surface area is 265 Å². The van der Waals surface area contributed by atoms with Crippen molar-refractivity contribution in [3.8, 4) is 23.1 Å². The van der Waals surface area contributed by atoms with Crippen molar-refractivity contribution < 1.29 is 35.9 Å². The van der Waals surface area contributed by atoms with Crippen LogP contribution in [0.4, 0.5) is 32.0 Å². The number of morpholine rings is 1. The summed E-state index contributed by atoms with van der Waals surface area (Å²) in [6.07, 6.45) is -4.74. The molecule has 1 saturated heterocycles. The maximum absolute atomic E-state index is 14.6. The molecule has 0 unspecified atom stereocenters. The Hall–Kier alpha value is -5.12. The maximum atomic E-state index is 14.6. The first-order valence-electron chi connectivity index (χ1n) is 14.6. The van der Waals surface area contributed by atoms with Gasteiger partial charge in [0.2, 0.25) is 5.91 Å². The van der Waals surface area contributed by atoms with E-state index in [0.717, 1.165) is 10.7 Å². The third-order valence-electron chi connectivity index (χ3n) is 7.59. The van der Waals surface area contributed by atoms with E-state index in [0.29, 0.717) is 60.8 Å². The van der Waals surface area contributed by atoms with Crippen molar-refractivity contribution in [1.29, 1.82) is 0 Å². The number of hydrogen-bond donors (Lipinski definition) is 1. The van der Waals surface area contributed by atoms with Gasteiger partial charge >= 0.3 is 6.18 Å². The van der Waals surface area contributed by atoms with Crippen LogP contribution in [0.3, 0.4) is 0 Å². The number of rotatable bonds is 6. The number of amides is 1. The van der Waals surface area contributed by atoms with Gasteiger partial charge in [-0.25, -0.2) is 13.2 Å². The lowest BCUT2D eigenvalue weighted by atomic mass is 10.0. The average molecular weight is 649 g/mol. The molecule has 1 aliphatic rings. The minimum atomic E-state index is -4.74. The molecule has 47 heavy (non-hydrogen) atoms. The van der Waals surface area contributed by atoms with Crippen molar-refractivity contribution in [3.63, 3.8) is 0 Å². The monoisotopic (exact) mass is 648 g/mol. The second-order valence-corrected chi connectivity index (χ2v) is 10.9. The molecule has 0 saturated carbocycles. The first-order valence-corrected chi connectivity index (χ1v) is 14.6. The number of alkyl halides is 3. The Bertz CT molecular complexity index is 2000. The van der Waals surface area contributed by atoms with Crippen LogP contribution in [0, 0.1) is 29.3 Å². The van der Waals surface area contributed by atoms with Gasteiger partial charge in [0, 0.05) is 58.5 Å². The van der Waals surface area contributed by atoms with Crippen LogP contribution in [0.25, 0.3) is 22.2 Å². The molecule has 0 atom stereocenters. The molecule has 0 aliphatic carbocycles. The molecule has 1 aliphatic heterocycles. The Morgan fingerprint density at radius 3 is 2.23 bits per heavy atom. The Kier molecular flexibility index (Phi) is 9.02. The van der Waals surface area contributed by atoms with Crippen molar-refractivity contribution in [1.82, 2.24) is 14.7 Å². The zero-order chi connectivity index (χ0) is 33.1. The highest BCUT2D eigenvalue weighted by atomic mass is 19.4. The smallest absolute Gasteiger partial charge is 0.379 e. The lowest BCUT2D eigenvalue weighted by Gasteiger charge is -2.25. The van der Waals surface area contributed by atoms with Crippen LogP contribution in [0.15, 0.2) is 78.9 Å². The normalized spacial score (nSPS) is 13.7. The van der Waals surface area contributed by atoms with E-state index in [1.807, 2.05) is 4.90 Å². The van der Waals surface area contributed by atoms with Gasteiger partial charge in [0.15, 0.2) is 0 Å². The van der Waals surface area contributed by atoms with Gasteiger partial charge in [0.05, 0.1) is 37.6 Å². The van der Waals surface area contributed by atoms with E-state index < -0.39 is 46.8 Å². The lowest BCUT2D eigenvalue weighted by Crippen LogP contribution is -2.41. The van der Waals surface area contributed by atoms with Gasteiger partial charge < -0.3 is 10.1 Å². The Balaban J connectivity index is 1.33. The van der Waals surface area contributed by atoms with E-state index in [9.17, 15) is 31.1 Å². The number of aromatic nitrogens is 2. The summed E-state index contributed by atoms with van der Waals surface area (Å²) >= 11 is 0. The first-order chi connectivity index (χ1) is 22.5. The van der Waals surface area contributed by atoms with Crippen LogP contribution in [-0.2, 0) is 22.3 Å². The van der Waals surface area contributed by atoms with Crippen molar-refractivity contribution in [3.05, 3.63) is 119 Å². The molecule has 1 fully saturated rings.